The van der Waals surface area contributed by atoms with Crippen molar-refractivity contribution in [2.24, 2.45) is 0 Å². The summed E-state index contributed by atoms with van der Waals surface area (Å²) < 4.78 is 10.5. The van der Waals surface area contributed by atoms with Crippen molar-refractivity contribution in [1.29, 1.82) is 0 Å². The lowest BCUT2D eigenvalue weighted by Gasteiger charge is -2.19. The highest BCUT2D eigenvalue weighted by Gasteiger charge is 2.17. The molecule has 0 bridgehead atoms. The molecule has 0 fully saturated rings. The van der Waals surface area contributed by atoms with Gasteiger partial charge in [-0.3, -0.25) is 4.98 Å². The summed E-state index contributed by atoms with van der Waals surface area (Å²) >= 11 is 0. The highest BCUT2D eigenvalue weighted by molar-refractivity contribution is 5.45. The SMILES string of the molecule is COc1ccc(C(c2ccc(OC)cc2)c2cccnc2)cc1. The molecule has 0 spiro atoms. The summed E-state index contributed by atoms with van der Waals surface area (Å²) in [4.78, 5) is 4.27. The maximum Gasteiger partial charge on any atom is 0.118 e. The topological polar surface area (TPSA) is 31.4 Å². The molecule has 0 radical (unpaired) electrons. The molecular formula is C20H19NO2. The van der Waals surface area contributed by atoms with E-state index in [1.54, 1.807) is 20.4 Å². The van der Waals surface area contributed by atoms with E-state index in [0.717, 1.165) is 17.1 Å². The van der Waals surface area contributed by atoms with Gasteiger partial charge in [0.15, 0.2) is 0 Å². The Bertz CT molecular complexity index is 689. The number of rotatable bonds is 5. The van der Waals surface area contributed by atoms with E-state index in [1.807, 2.05) is 36.5 Å². The number of hydrogen-bond donors (Lipinski definition) is 0. The average Bonchev–Trinajstić information content (AvgIpc) is 2.64. The summed E-state index contributed by atoms with van der Waals surface area (Å²) in [5, 5.41) is 0. The molecule has 3 heteroatoms. The van der Waals surface area contributed by atoms with Crippen molar-refractivity contribution in [1.82, 2.24) is 4.98 Å². The molecule has 1 heterocycles. The van der Waals surface area contributed by atoms with Crippen LogP contribution in [0.5, 0.6) is 11.5 Å². The van der Waals surface area contributed by atoms with E-state index in [9.17, 15) is 0 Å². The molecule has 0 saturated carbocycles. The third-order valence-electron chi connectivity index (χ3n) is 3.92. The van der Waals surface area contributed by atoms with E-state index in [0.29, 0.717) is 0 Å². The van der Waals surface area contributed by atoms with Gasteiger partial charge in [0.25, 0.3) is 0 Å². The van der Waals surface area contributed by atoms with E-state index in [-0.39, 0.29) is 5.92 Å². The fourth-order valence-corrected chi connectivity index (χ4v) is 2.72. The van der Waals surface area contributed by atoms with E-state index in [4.69, 9.17) is 9.47 Å². The van der Waals surface area contributed by atoms with E-state index >= 15 is 0 Å². The van der Waals surface area contributed by atoms with Crippen LogP contribution in [0.4, 0.5) is 0 Å². The highest BCUT2D eigenvalue weighted by atomic mass is 16.5. The second-order valence-electron chi connectivity index (χ2n) is 5.27. The summed E-state index contributed by atoms with van der Waals surface area (Å²) in [6, 6.07) is 20.4. The van der Waals surface area contributed by atoms with E-state index in [2.05, 4.69) is 35.3 Å². The summed E-state index contributed by atoms with van der Waals surface area (Å²) in [7, 11) is 3.36. The van der Waals surface area contributed by atoms with Crippen LogP contribution in [0, 0.1) is 0 Å². The molecule has 3 nitrogen and oxygen atoms in total. The van der Waals surface area contributed by atoms with Gasteiger partial charge in [-0.25, -0.2) is 0 Å². The van der Waals surface area contributed by atoms with Crippen molar-refractivity contribution in [3.63, 3.8) is 0 Å². The van der Waals surface area contributed by atoms with Gasteiger partial charge >= 0.3 is 0 Å². The third kappa shape index (κ3) is 3.34. The monoisotopic (exact) mass is 305 g/mol. The minimum absolute atomic E-state index is 0.125. The highest BCUT2D eigenvalue weighted by Crippen LogP contribution is 2.33. The quantitative estimate of drug-likeness (QED) is 0.705. The second-order valence-corrected chi connectivity index (χ2v) is 5.27. The van der Waals surface area contributed by atoms with Crippen LogP contribution in [0.2, 0.25) is 0 Å². The molecule has 116 valence electrons. The largest absolute Gasteiger partial charge is 0.497 e. The van der Waals surface area contributed by atoms with Crippen LogP contribution in [-0.4, -0.2) is 19.2 Å². The first kappa shape index (κ1) is 15.1. The van der Waals surface area contributed by atoms with Crippen LogP contribution in [0.3, 0.4) is 0 Å². The predicted octanol–water partition coefficient (Wildman–Crippen LogP) is 4.28. The number of hydrogen-bond acceptors (Lipinski definition) is 3. The summed E-state index contributed by atoms with van der Waals surface area (Å²) in [5.41, 5.74) is 3.55. The molecule has 0 aliphatic carbocycles. The first-order valence-corrected chi connectivity index (χ1v) is 7.49. The standard InChI is InChI=1S/C20H19NO2/c1-22-18-9-5-15(6-10-18)20(17-4-3-13-21-14-17)16-7-11-19(23-2)12-8-16/h3-14,20H,1-2H3. The van der Waals surface area contributed by atoms with Crippen LogP contribution in [0.15, 0.2) is 73.1 Å². The van der Waals surface area contributed by atoms with Crippen molar-refractivity contribution < 1.29 is 9.47 Å². The Morgan fingerprint density at radius 3 is 1.61 bits per heavy atom. The summed E-state index contributed by atoms with van der Waals surface area (Å²) in [6.45, 7) is 0. The van der Waals surface area contributed by atoms with Gasteiger partial charge in [-0.2, -0.15) is 0 Å². The molecule has 1 aromatic heterocycles. The Hall–Kier alpha value is -2.81. The molecule has 3 rings (SSSR count). The molecule has 0 aliphatic heterocycles. The van der Waals surface area contributed by atoms with E-state index in [1.165, 1.54) is 11.1 Å². The molecule has 0 N–H and O–H groups in total. The molecular weight excluding hydrogens is 286 g/mol. The van der Waals surface area contributed by atoms with Crippen molar-refractivity contribution in [2.45, 2.75) is 5.92 Å². The first-order chi connectivity index (χ1) is 11.3. The van der Waals surface area contributed by atoms with Crippen LogP contribution in [-0.2, 0) is 0 Å². The van der Waals surface area contributed by atoms with Gasteiger partial charge in [0.2, 0.25) is 0 Å². The van der Waals surface area contributed by atoms with Gasteiger partial charge in [-0.1, -0.05) is 30.3 Å². The maximum absolute atomic E-state index is 5.26. The average molecular weight is 305 g/mol. The fourth-order valence-electron chi connectivity index (χ4n) is 2.72. The number of methoxy groups -OCH3 is 2. The molecule has 3 aromatic rings. The molecule has 2 aromatic carbocycles. The van der Waals surface area contributed by atoms with Gasteiger partial charge in [0.05, 0.1) is 14.2 Å². The Kier molecular flexibility index (Phi) is 4.57. The summed E-state index contributed by atoms with van der Waals surface area (Å²) in [6.07, 6.45) is 3.71. The Morgan fingerprint density at radius 2 is 1.22 bits per heavy atom. The van der Waals surface area contributed by atoms with Crippen molar-refractivity contribution in [3.05, 3.63) is 89.7 Å². The summed E-state index contributed by atoms with van der Waals surface area (Å²) in [5.74, 6) is 1.84. The lowest BCUT2D eigenvalue weighted by atomic mass is 9.86. The molecule has 0 saturated heterocycles. The molecule has 0 unspecified atom stereocenters. The lowest BCUT2D eigenvalue weighted by Crippen LogP contribution is -2.04. The zero-order chi connectivity index (χ0) is 16.1. The van der Waals surface area contributed by atoms with Crippen LogP contribution in [0.1, 0.15) is 22.6 Å². The molecule has 0 amide bonds. The van der Waals surface area contributed by atoms with Crippen LogP contribution >= 0.6 is 0 Å². The fraction of sp³-hybridized carbons (Fsp3) is 0.150. The molecule has 23 heavy (non-hydrogen) atoms. The number of aromatic nitrogens is 1. The normalized spacial score (nSPS) is 10.6. The van der Waals surface area contributed by atoms with Gasteiger partial charge in [0.1, 0.15) is 11.5 Å². The third-order valence-corrected chi connectivity index (χ3v) is 3.92. The smallest absolute Gasteiger partial charge is 0.118 e. The van der Waals surface area contributed by atoms with Crippen molar-refractivity contribution in [3.8, 4) is 11.5 Å². The zero-order valence-electron chi connectivity index (χ0n) is 13.3. The van der Waals surface area contributed by atoms with Gasteiger partial charge in [0, 0.05) is 18.3 Å². The van der Waals surface area contributed by atoms with Gasteiger partial charge in [-0.15, -0.1) is 0 Å². The first-order valence-electron chi connectivity index (χ1n) is 7.49. The van der Waals surface area contributed by atoms with Crippen molar-refractivity contribution >= 4 is 0 Å². The second kappa shape index (κ2) is 6.97. The van der Waals surface area contributed by atoms with Crippen LogP contribution in [0.25, 0.3) is 0 Å². The molecule has 0 aliphatic rings. The van der Waals surface area contributed by atoms with Gasteiger partial charge < -0.3 is 9.47 Å². The number of benzene rings is 2. The number of nitrogens with zero attached hydrogens (tertiary/aromatic N) is 1. The van der Waals surface area contributed by atoms with Crippen molar-refractivity contribution in [2.75, 3.05) is 14.2 Å². The van der Waals surface area contributed by atoms with Gasteiger partial charge in [-0.05, 0) is 47.0 Å². The number of ether oxygens (including phenoxy) is 2. The van der Waals surface area contributed by atoms with Crippen LogP contribution < -0.4 is 9.47 Å². The predicted molar refractivity (Wildman–Crippen MR) is 91.2 cm³/mol. The molecule has 0 atom stereocenters. The minimum atomic E-state index is 0.125. The number of pyridine rings is 1. The zero-order valence-corrected chi connectivity index (χ0v) is 13.3. The maximum atomic E-state index is 5.26. The Morgan fingerprint density at radius 1 is 0.696 bits per heavy atom. The lowest BCUT2D eigenvalue weighted by molar-refractivity contribution is 0.414. The Labute approximate surface area is 136 Å². The van der Waals surface area contributed by atoms with E-state index < -0.39 is 0 Å². The Balaban J connectivity index is 2.05. The minimum Gasteiger partial charge on any atom is -0.497 e.